The van der Waals surface area contributed by atoms with E-state index in [4.69, 9.17) is 4.74 Å². The zero-order chi connectivity index (χ0) is 17.4. The maximum atomic E-state index is 15.0. The monoisotopic (exact) mass is 327 g/mol. The average molecular weight is 327 g/mol. The maximum absolute atomic E-state index is 15.0. The van der Waals surface area contributed by atoms with Gasteiger partial charge in [-0.15, -0.1) is 0 Å². The van der Waals surface area contributed by atoms with E-state index in [1.54, 1.807) is 17.7 Å². The Morgan fingerprint density at radius 1 is 1.29 bits per heavy atom. The number of aryl methyl sites for hydroxylation is 3. The van der Waals surface area contributed by atoms with Crippen molar-refractivity contribution >= 4 is 28.4 Å². The second-order valence-electron chi connectivity index (χ2n) is 5.77. The SMILES string of the molecule is COC(=O)c1cc2c(ncn2C)c(F)c1Nc1ccc(C)cc1C. The fourth-order valence-electron chi connectivity index (χ4n) is 2.71. The van der Waals surface area contributed by atoms with Crippen LogP contribution in [0.25, 0.3) is 11.0 Å². The van der Waals surface area contributed by atoms with E-state index in [0.717, 1.165) is 16.8 Å². The summed E-state index contributed by atoms with van der Waals surface area (Å²) in [7, 11) is 3.02. The summed E-state index contributed by atoms with van der Waals surface area (Å²) in [5, 5.41) is 3.03. The minimum absolute atomic E-state index is 0.0694. The van der Waals surface area contributed by atoms with Crippen molar-refractivity contribution in [2.24, 2.45) is 7.05 Å². The topological polar surface area (TPSA) is 56.1 Å². The van der Waals surface area contributed by atoms with Gasteiger partial charge in [0.15, 0.2) is 5.82 Å². The largest absolute Gasteiger partial charge is 0.465 e. The summed E-state index contributed by atoms with van der Waals surface area (Å²) in [4.78, 5) is 16.2. The van der Waals surface area contributed by atoms with Gasteiger partial charge in [-0.05, 0) is 31.5 Å². The Hall–Kier alpha value is -2.89. The van der Waals surface area contributed by atoms with Crippen molar-refractivity contribution in [3.63, 3.8) is 0 Å². The van der Waals surface area contributed by atoms with Gasteiger partial charge >= 0.3 is 5.97 Å². The molecule has 0 atom stereocenters. The number of halogens is 1. The number of carbonyl (C=O) groups is 1. The molecule has 0 bridgehead atoms. The highest BCUT2D eigenvalue weighted by atomic mass is 19.1. The van der Waals surface area contributed by atoms with Crippen molar-refractivity contribution in [3.8, 4) is 0 Å². The van der Waals surface area contributed by atoms with Crippen molar-refractivity contribution in [3.05, 3.63) is 53.1 Å². The molecule has 0 radical (unpaired) electrons. The van der Waals surface area contributed by atoms with E-state index in [0.29, 0.717) is 5.52 Å². The van der Waals surface area contributed by atoms with Gasteiger partial charge in [-0.1, -0.05) is 17.7 Å². The molecule has 124 valence electrons. The molecule has 3 aromatic rings. The normalized spacial score (nSPS) is 10.9. The Morgan fingerprint density at radius 3 is 2.71 bits per heavy atom. The Kier molecular flexibility index (Phi) is 3.97. The minimum Gasteiger partial charge on any atom is -0.465 e. The van der Waals surface area contributed by atoms with E-state index in [1.165, 1.54) is 13.4 Å². The van der Waals surface area contributed by atoms with Crippen LogP contribution < -0.4 is 5.32 Å². The number of carbonyl (C=O) groups excluding carboxylic acids is 1. The van der Waals surface area contributed by atoms with Crippen LogP contribution in [0.4, 0.5) is 15.8 Å². The molecule has 0 spiro atoms. The predicted molar refractivity (Wildman–Crippen MR) is 91.2 cm³/mol. The highest BCUT2D eigenvalue weighted by Gasteiger charge is 2.22. The standard InChI is InChI=1S/C18H18FN3O2/c1-10-5-6-13(11(2)7-10)21-16-12(18(23)24-4)8-14-17(15(16)19)20-9-22(14)3/h5-9,21H,1-4H3. The molecule has 1 N–H and O–H groups in total. The molecule has 0 aliphatic carbocycles. The number of fused-ring (bicyclic) bond motifs is 1. The molecular formula is C18H18FN3O2. The molecule has 0 saturated heterocycles. The van der Waals surface area contributed by atoms with Gasteiger partial charge in [-0.25, -0.2) is 14.2 Å². The summed E-state index contributed by atoms with van der Waals surface area (Å²) >= 11 is 0. The molecule has 24 heavy (non-hydrogen) atoms. The van der Waals surface area contributed by atoms with Crippen molar-refractivity contribution in [2.75, 3.05) is 12.4 Å². The number of ether oxygens (including phenoxy) is 1. The van der Waals surface area contributed by atoms with Crippen molar-refractivity contribution in [2.45, 2.75) is 13.8 Å². The number of benzene rings is 2. The van der Waals surface area contributed by atoms with Gasteiger partial charge in [0.25, 0.3) is 0 Å². The smallest absolute Gasteiger partial charge is 0.340 e. The average Bonchev–Trinajstić information content (AvgIpc) is 2.92. The van der Waals surface area contributed by atoms with E-state index in [2.05, 4.69) is 10.3 Å². The first kappa shape index (κ1) is 16.0. The van der Waals surface area contributed by atoms with E-state index >= 15 is 0 Å². The van der Waals surface area contributed by atoms with Crippen LogP contribution in [-0.2, 0) is 11.8 Å². The number of methoxy groups -OCH3 is 1. The lowest BCUT2D eigenvalue weighted by Crippen LogP contribution is -2.09. The van der Waals surface area contributed by atoms with E-state index in [1.807, 2.05) is 32.0 Å². The van der Waals surface area contributed by atoms with Crippen LogP contribution in [0.2, 0.25) is 0 Å². The first-order valence-electron chi connectivity index (χ1n) is 7.48. The molecule has 2 aromatic carbocycles. The number of hydrogen-bond acceptors (Lipinski definition) is 4. The van der Waals surface area contributed by atoms with Gasteiger partial charge < -0.3 is 14.6 Å². The number of esters is 1. The Balaban J connectivity index is 2.21. The lowest BCUT2D eigenvalue weighted by molar-refractivity contribution is 0.0601. The van der Waals surface area contributed by atoms with Crippen LogP contribution in [0.3, 0.4) is 0 Å². The molecule has 0 saturated carbocycles. The number of hydrogen-bond donors (Lipinski definition) is 1. The third-order valence-electron chi connectivity index (χ3n) is 4.01. The van der Waals surface area contributed by atoms with E-state index in [-0.39, 0.29) is 16.8 Å². The van der Waals surface area contributed by atoms with Crippen LogP contribution in [-0.4, -0.2) is 22.6 Å². The van der Waals surface area contributed by atoms with Crippen LogP contribution >= 0.6 is 0 Å². The lowest BCUT2D eigenvalue weighted by Gasteiger charge is -2.15. The Morgan fingerprint density at radius 2 is 2.04 bits per heavy atom. The van der Waals surface area contributed by atoms with Gasteiger partial charge in [0.05, 0.1) is 30.2 Å². The summed E-state index contributed by atoms with van der Waals surface area (Å²) in [6.45, 7) is 3.90. The second kappa shape index (κ2) is 5.96. The molecule has 1 heterocycles. The first-order valence-corrected chi connectivity index (χ1v) is 7.48. The number of nitrogens with one attached hydrogen (secondary N) is 1. The minimum atomic E-state index is -0.607. The van der Waals surface area contributed by atoms with E-state index in [9.17, 15) is 9.18 Å². The van der Waals surface area contributed by atoms with Gasteiger partial charge in [0, 0.05) is 12.7 Å². The molecule has 5 nitrogen and oxygen atoms in total. The fourth-order valence-corrected chi connectivity index (χ4v) is 2.71. The van der Waals surface area contributed by atoms with Gasteiger partial charge in [-0.3, -0.25) is 0 Å². The maximum Gasteiger partial charge on any atom is 0.340 e. The molecule has 3 rings (SSSR count). The lowest BCUT2D eigenvalue weighted by atomic mass is 10.1. The number of rotatable bonds is 3. The van der Waals surface area contributed by atoms with Gasteiger partial charge in [0.2, 0.25) is 0 Å². The molecule has 0 unspecified atom stereocenters. The molecule has 0 amide bonds. The molecule has 6 heteroatoms. The van der Waals surface area contributed by atoms with Crippen molar-refractivity contribution in [1.29, 1.82) is 0 Å². The molecule has 0 aliphatic rings. The number of aromatic nitrogens is 2. The van der Waals surface area contributed by atoms with Crippen LogP contribution in [0.5, 0.6) is 0 Å². The van der Waals surface area contributed by atoms with Crippen LogP contribution in [0.1, 0.15) is 21.5 Å². The zero-order valence-electron chi connectivity index (χ0n) is 14.0. The summed E-state index contributed by atoms with van der Waals surface area (Å²) in [6, 6.07) is 7.35. The molecular weight excluding hydrogens is 309 g/mol. The summed E-state index contributed by atoms with van der Waals surface area (Å²) in [5.74, 6) is -1.18. The van der Waals surface area contributed by atoms with Crippen molar-refractivity contribution < 1.29 is 13.9 Å². The van der Waals surface area contributed by atoms with Crippen LogP contribution in [0, 0.1) is 19.7 Å². The molecule has 1 aromatic heterocycles. The highest BCUT2D eigenvalue weighted by Crippen LogP contribution is 2.32. The number of anilines is 2. The second-order valence-corrected chi connectivity index (χ2v) is 5.77. The quantitative estimate of drug-likeness (QED) is 0.742. The van der Waals surface area contributed by atoms with Crippen molar-refractivity contribution in [1.82, 2.24) is 9.55 Å². The Labute approximate surface area is 139 Å². The highest BCUT2D eigenvalue weighted by molar-refractivity contribution is 6.01. The van der Waals surface area contributed by atoms with Gasteiger partial charge in [-0.2, -0.15) is 0 Å². The summed E-state index contributed by atoms with van der Waals surface area (Å²) in [6.07, 6.45) is 1.51. The first-order chi connectivity index (χ1) is 11.4. The zero-order valence-corrected chi connectivity index (χ0v) is 14.0. The van der Waals surface area contributed by atoms with Gasteiger partial charge in [0.1, 0.15) is 5.52 Å². The Bertz CT molecular complexity index is 947. The molecule has 0 fully saturated rings. The summed E-state index contributed by atoms with van der Waals surface area (Å²) in [5.41, 5.74) is 3.71. The number of nitrogens with zero attached hydrogens (tertiary/aromatic N) is 2. The van der Waals surface area contributed by atoms with E-state index < -0.39 is 11.8 Å². The predicted octanol–water partition coefficient (Wildman–Crippen LogP) is 3.86. The molecule has 0 aliphatic heterocycles. The van der Waals surface area contributed by atoms with Crippen LogP contribution in [0.15, 0.2) is 30.6 Å². The fraction of sp³-hybridized carbons (Fsp3) is 0.222. The third-order valence-corrected chi connectivity index (χ3v) is 4.01. The number of imidazole rings is 1. The third kappa shape index (κ3) is 2.60. The summed E-state index contributed by atoms with van der Waals surface area (Å²) < 4.78 is 21.5.